The van der Waals surface area contributed by atoms with Crippen molar-refractivity contribution in [2.24, 2.45) is 5.73 Å². The van der Waals surface area contributed by atoms with Gasteiger partial charge in [-0.3, -0.25) is 0 Å². The zero-order chi connectivity index (χ0) is 10.7. The highest BCUT2D eigenvalue weighted by atomic mass is 19.1. The van der Waals surface area contributed by atoms with Gasteiger partial charge in [0, 0.05) is 6.20 Å². The Morgan fingerprint density at radius 3 is 2.87 bits per heavy atom. The van der Waals surface area contributed by atoms with Crippen LogP contribution < -0.4 is 5.73 Å². The Balaban J connectivity index is 2.33. The zero-order valence-electron chi connectivity index (χ0n) is 8.23. The van der Waals surface area contributed by atoms with Gasteiger partial charge in [-0.05, 0) is 30.7 Å². The average molecular weight is 205 g/mol. The number of nitrogens with two attached hydrogens (primary N) is 1. The van der Waals surface area contributed by atoms with Gasteiger partial charge in [-0.1, -0.05) is 12.1 Å². The highest BCUT2D eigenvalue weighted by Gasteiger charge is 2.04. The van der Waals surface area contributed by atoms with Gasteiger partial charge in [-0.25, -0.2) is 9.07 Å². The van der Waals surface area contributed by atoms with E-state index in [4.69, 9.17) is 5.73 Å². The molecule has 4 heteroatoms. The van der Waals surface area contributed by atoms with E-state index in [1.165, 1.54) is 10.7 Å². The number of nitrogens with zero attached hydrogens (tertiary/aromatic N) is 2. The maximum Gasteiger partial charge on any atom is 0.148 e. The Hall–Kier alpha value is -1.68. The molecular formula is C11H12FN3. The molecule has 0 spiro atoms. The number of hydrogen-bond acceptors (Lipinski definition) is 2. The van der Waals surface area contributed by atoms with Crippen LogP contribution in [-0.2, 0) is 6.42 Å². The van der Waals surface area contributed by atoms with Crippen LogP contribution in [0.4, 0.5) is 4.39 Å². The standard InChI is InChI=1S/C11H12FN3/c12-10-3-1-2-4-11(10)15-8-9(5-6-13)7-14-15/h1-4,7-8H,5-6,13H2. The lowest BCUT2D eigenvalue weighted by atomic mass is 10.2. The first-order chi connectivity index (χ1) is 7.31. The van der Waals surface area contributed by atoms with E-state index in [9.17, 15) is 4.39 Å². The molecule has 0 aliphatic carbocycles. The molecule has 0 saturated heterocycles. The minimum absolute atomic E-state index is 0.278. The summed E-state index contributed by atoms with van der Waals surface area (Å²) in [6.07, 6.45) is 4.26. The van der Waals surface area contributed by atoms with Crippen molar-refractivity contribution in [3.05, 3.63) is 48.0 Å². The van der Waals surface area contributed by atoms with Crippen LogP contribution in [0.15, 0.2) is 36.7 Å². The quantitative estimate of drug-likeness (QED) is 0.825. The molecule has 0 unspecified atom stereocenters. The second-order valence-corrected chi connectivity index (χ2v) is 3.28. The topological polar surface area (TPSA) is 43.8 Å². The lowest BCUT2D eigenvalue weighted by molar-refractivity contribution is 0.611. The average Bonchev–Trinajstić information content (AvgIpc) is 2.68. The SMILES string of the molecule is NCCc1cnn(-c2ccccc2F)c1. The van der Waals surface area contributed by atoms with Crippen LogP contribution >= 0.6 is 0 Å². The van der Waals surface area contributed by atoms with Crippen LogP contribution in [0.3, 0.4) is 0 Å². The Labute approximate surface area is 87.3 Å². The highest BCUT2D eigenvalue weighted by Crippen LogP contribution is 2.12. The fourth-order valence-corrected chi connectivity index (χ4v) is 1.43. The van der Waals surface area contributed by atoms with Gasteiger partial charge in [-0.15, -0.1) is 0 Å². The first kappa shape index (κ1) is 9.86. The third-order valence-electron chi connectivity index (χ3n) is 2.17. The van der Waals surface area contributed by atoms with E-state index in [1.807, 2.05) is 0 Å². The first-order valence-electron chi connectivity index (χ1n) is 4.80. The van der Waals surface area contributed by atoms with E-state index in [-0.39, 0.29) is 5.82 Å². The predicted octanol–water partition coefficient (Wildman–Crippen LogP) is 1.51. The zero-order valence-corrected chi connectivity index (χ0v) is 8.23. The van der Waals surface area contributed by atoms with Gasteiger partial charge in [0.1, 0.15) is 11.5 Å². The Morgan fingerprint density at radius 2 is 2.13 bits per heavy atom. The summed E-state index contributed by atoms with van der Waals surface area (Å²) in [5.41, 5.74) is 6.90. The maximum absolute atomic E-state index is 13.4. The molecular weight excluding hydrogens is 193 g/mol. The lowest BCUT2D eigenvalue weighted by Gasteiger charge is -2.01. The summed E-state index contributed by atoms with van der Waals surface area (Å²) in [4.78, 5) is 0. The van der Waals surface area contributed by atoms with Gasteiger partial charge in [0.05, 0.1) is 6.20 Å². The van der Waals surface area contributed by atoms with Crippen molar-refractivity contribution in [3.63, 3.8) is 0 Å². The number of benzene rings is 1. The van der Waals surface area contributed by atoms with Crippen LogP contribution in [0.5, 0.6) is 0 Å². The Kier molecular flexibility index (Phi) is 2.78. The fourth-order valence-electron chi connectivity index (χ4n) is 1.43. The number of para-hydroxylation sites is 1. The van der Waals surface area contributed by atoms with E-state index >= 15 is 0 Å². The molecule has 1 heterocycles. The molecule has 0 aliphatic rings. The molecule has 78 valence electrons. The van der Waals surface area contributed by atoms with E-state index in [0.29, 0.717) is 12.2 Å². The number of hydrogen-bond donors (Lipinski definition) is 1. The van der Waals surface area contributed by atoms with Gasteiger partial charge in [0.25, 0.3) is 0 Å². The summed E-state index contributed by atoms with van der Waals surface area (Å²) in [5.74, 6) is -0.278. The molecule has 0 aliphatic heterocycles. The first-order valence-corrected chi connectivity index (χ1v) is 4.80. The highest BCUT2D eigenvalue weighted by molar-refractivity contribution is 5.32. The van der Waals surface area contributed by atoms with Crippen LogP contribution in [0, 0.1) is 5.82 Å². The molecule has 2 rings (SSSR count). The van der Waals surface area contributed by atoms with Crippen LogP contribution in [0.25, 0.3) is 5.69 Å². The van der Waals surface area contributed by atoms with E-state index in [2.05, 4.69) is 5.10 Å². The Morgan fingerprint density at radius 1 is 1.33 bits per heavy atom. The van der Waals surface area contributed by atoms with Crippen molar-refractivity contribution < 1.29 is 4.39 Å². The van der Waals surface area contributed by atoms with Crippen molar-refractivity contribution in [1.82, 2.24) is 9.78 Å². The predicted molar refractivity (Wildman–Crippen MR) is 56.3 cm³/mol. The smallest absolute Gasteiger partial charge is 0.148 e. The molecule has 1 aromatic heterocycles. The minimum atomic E-state index is -0.278. The summed E-state index contributed by atoms with van der Waals surface area (Å²) >= 11 is 0. The minimum Gasteiger partial charge on any atom is -0.330 e. The van der Waals surface area contributed by atoms with E-state index < -0.39 is 0 Å². The van der Waals surface area contributed by atoms with E-state index in [1.54, 1.807) is 30.6 Å². The molecule has 3 nitrogen and oxygen atoms in total. The van der Waals surface area contributed by atoms with Gasteiger partial charge < -0.3 is 5.73 Å². The summed E-state index contributed by atoms with van der Waals surface area (Å²) in [7, 11) is 0. The molecule has 0 amide bonds. The third-order valence-corrected chi connectivity index (χ3v) is 2.17. The van der Waals surface area contributed by atoms with Crippen molar-refractivity contribution in [2.45, 2.75) is 6.42 Å². The molecule has 0 saturated carbocycles. The second kappa shape index (κ2) is 4.23. The van der Waals surface area contributed by atoms with Crippen molar-refractivity contribution in [2.75, 3.05) is 6.54 Å². The molecule has 2 aromatic rings. The van der Waals surface area contributed by atoms with Crippen molar-refractivity contribution >= 4 is 0 Å². The summed E-state index contributed by atoms with van der Waals surface area (Å²) in [5, 5.41) is 4.09. The third kappa shape index (κ3) is 2.05. The lowest BCUT2D eigenvalue weighted by Crippen LogP contribution is -2.02. The van der Waals surface area contributed by atoms with Gasteiger partial charge in [0.15, 0.2) is 0 Å². The molecule has 0 radical (unpaired) electrons. The van der Waals surface area contributed by atoms with Gasteiger partial charge in [0.2, 0.25) is 0 Å². The van der Waals surface area contributed by atoms with Gasteiger partial charge in [-0.2, -0.15) is 5.10 Å². The van der Waals surface area contributed by atoms with Crippen molar-refractivity contribution in [3.8, 4) is 5.69 Å². The van der Waals surface area contributed by atoms with Crippen LogP contribution in [0.1, 0.15) is 5.56 Å². The van der Waals surface area contributed by atoms with Gasteiger partial charge >= 0.3 is 0 Å². The van der Waals surface area contributed by atoms with E-state index in [0.717, 1.165) is 12.0 Å². The largest absolute Gasteiger partial charge is 0.330 e. The fraction of sp³-hybridized carbons (Fsp3) is 0.182. The Bertz CT molecular complexity index is 451. The maximum atomic E-state index is 13.4. The van der Waals surface area contributed by atoms with Crippen LogP contribution in [-0.4, -0.2) is 16.3 Å². The van der Waals surface area contributed by atoms with Crippen LogP contribution in [0.2, 0.25) is 0 Å². The molecule has 0 fully saturated rings. The normalized spacial score (nSPS) is 10.5. The molecule has 1 aromatic carbocycles. The monoisotopic (exact) mass is 205 g/mol. The summed E-state index contributed by atoms with van der Waals surface area (Å²) < 4.78 is 14.9. The number of aromatic nitrogens is 2. The molecule has 15 heavy (non-hydrogen) atoms. The molecule has 2 N–H and O–H groups in total. The molecule has 0 atom stereocenters. The molecule has 0 bridgehead atoms. The number of halogens is 1. The number of rotatable bonds is 3. The summed E-state index contributed by atoms with van der Waals surface area (Å²) in [6, 6.07) is 6.54. The second-order valence-electron chi connectivity index (χ2n) is 3.28. The summed E-state index contributed by atoms with van der Waals surface area (Å²) in [6.45, 7) is 0.572. The van der Waals surface area contributed by atoms with Crippen molar-refractivity contribution in [1.29, 1.82) is 0 Å².